The minimum Gasteiger partial charge on any atom is -0.310 e. The average molecular weight is 558 g/mol. The molecule has 204 valence electrons. The van der Waals surface area contributed by atoms with Gasteiger partial charge < -0.3 is 4.90 Å². The van der Waals surface area contributed by atoms with E-state index < -0.39 is 0 Å². The number of para-hydroxylation sites is 1. The zero-order valence-electron chi connectivity index (χ0n) is 24.0. The van der Waals surface area contributed by atoms with E-state index in [0.29, 0.717) is 0 Å². The first-order chi connectivity index (χ1) is 21.8. The van der Waals surface area contributed by atoms with Gasteiger partial charge in [-0.3, -0.25) is 0 Å². The Morgan fingerprint density at radius 2 is 0.795 bits per heavy atom. The molecule has 0 heterocycles. The number of fused-ring (bicyclic) bond motifs is 5. The van der Waals surface area contributed by atoms with Crippen LogP contribution in [0.15, 0.2) is 164 Å². The predicted molar refractivity (Wildman–Crippen MR) is 182 cm³/mol. The molecule has 3 aliphatic rings. The fraction of sp³-hybridized carbons (Fsp3) is 0.0233. The second kappa shape index (κ2) is 8.69. The van der Waals surface area contributed by atoms with Crippen LogP contribution < -0.4 is 4.90 Å². The molecule has 0 fully saturated rings. The predicted octanol–water partition coefficient (Wildman–Crippen LogP) is 11.1. The lowest BCUT2D eigenvalue weighted by Gasteiger charge is -2.30. The highest BCUT2D eigenvalue weighted by Gasteiger charge is 2.57. The van der Waals surface area contributed by atoms with Gasteiger partial charge in [-0.05, 0) is 103 Å². The molecule has 0 amide bonds. The first-order valence-corrected chi connectivity index (χ1v) is 15.4. The van der Waals surface area contributed by atoms with Crippen molar-refractivity contribution in [1.82, 2.24) is 0 Å². The molecule has 0 saturated carbocycles. The second-order valence-corrected chi connectivity index (χ2v) is 12.1. The molecule has 0 aromatic heterocycles. The third-order valence-electron chi connectivity index (χ3n) is 9.99. The Bertz CT molecular complexity index is 2230. The normalized spacial score (nSPS) is 15.8. The second-order valence-electron chi connectivity index (χ2n) is 12.1. The Labute approximate surface area is 257 Å². The van der Waals surface area contributed by atoms with Crippen LogP contribution in [0.25, 0.3) is 44.5 Å². The van der Waals surface area contributed by atoms with Crippen molar-refractivity contribution in [3.05, 3.63) is 186 Å². The van der Waals surface area contributed by atoms with Gasteiger partial charge >= 0.3 is 0 Å². The van der Waals surface area contributed by atoms with Gasteiger partial charge in [0.1, 0.15) is 0 Å². The van der Waals surface area contributed by atoms with E-state index >= 15 is 0 Å². The summed E-state index contributed by atoms with van der Waals surface area (Å²) >= 11 is 0. The highest BCUT2D eigenvalue weighted by Crippen LogP contribution is 2.70. The summed E-state index contributed by atoms with van der Waals surface area (Å²) in [5.41, 5.74) is 19.5. The summed E-state index contributed by atoms with van der Waals surface area (Å²) in [6.45, 7) is 0. The molecule has 1 spiro atoms. The molecule has 3 aliphatic carbocycles. The van der Waals surface area contributed by atoms with Gasteiger partial charge in [-0.2, -0.15) is 0 Å². The van der Waals surface area contributed by atoms with Crippen LogP contribution in [0.2, 0.25) is 0 Å². The Hall–Kier alpha value is -5.66. The Morgan fingerprint density at radius 1 is 0.318 bits per heavy atom. The quantitative estimate of drug-likeness (QED) is 0.208. The maximum Gasteiger partial charge on any atom is 0.0738 e. The van der Waals surface area contributed by atoms with Crippen molar-refractivity contribution < 1.29 is 0 Å². The van der Waals surface area contributed by atoms with Gasteiger partial charge in [0.2, 0.25) is 0 Å². The van der Waals surface area contributed by atoms with Gasteiger partial charge in [0.25, 0.3) is 0 Å². The smallest absolute Gasteiger partial charge is 0.0738 e. The molecule has 1 unspecified atom stereocenters. The summed E-state index contributed by atoms with van der Waals surface area (Å²) in [4.78, 5) is 2.40. The van der Waals surface area contributed by atoms with Gasteiger partial charge in [-0.15, -0.1) is 0 Å². The lowest BCUT2D eigenvalue weighted by atomic mass is 9.73. The van der Waals surface area contributed by atoms with E-state index in [1.165, 1.54) is 72.4 Å². The molecule has 0 radical (unpaired) electrons. The number of hydrogen-bond donors (Lipinski definition) is 0. The van der Waals surface area contributed by atoms with E-state index in [1.807, 2.05) is 0 Å². The molecule has 44 heavy (non-hydrogen) atoms. The molecule has 1 nitrogen and oxygen atoms in total. The molecule has 7 aromatic carbocycles. The van der Waals surface area contributed by atoms with E-state index in [2.05, 4.69) is 169 Å². The number of anilines is 3. The summed E-state index contributed by atoms with van der Waals surface area (Å²) in [6.07, 6.45) is 0. The molecule has 0 bridgehead atoms. The van der Waals surface area contributed by atoms with E-state index in [9.17, 15) is 0 Å². The van der Waals surface area contributed by atoms with Gasteiger partial charge in [-0.1, -0.05) is 127 Å². The summed E-state index contributed by atoms with van der Waals surface area (Å²) < 4.78 is 0. The maximum absolute atomic E-state index is 2.48. The standard InChI is InChI=1S/C43H27N/c1-3-11-28(12-4-1)29-21-23-31(24-22-29)44(30-13-5-2-6-14-30)32-25-26-34-36-17-10-19-38-37-18-9-16-35-33-15-7-8-20-39(33)43(41(35)37,42(36)38)40(34)27-32/h1-27H. The Kier molecular flexibility index (Phi) is 4.71. The minimum absolute atomic E-state index is 0.292. The van der Waals surface area contributed by atoms with Crippen LogP contribution in [0.5, 0.6) is 0 Å². The fourth-order valence-electron chi connectivity index (χ4n) is 8.34. The first-order valence-electron chi connectivity index (χ1n) is 15.4. The summed E-state index contributed by atoms with van der Waals surface area (Å²) in [7, 11) is 0. The topological polar surface area (TPSA) is 3.24 Å². The van der Waals surface area contributed by atoms with Crippen LogP contribution in [-0.4, -0.2) is 0 Å². The largest absolute Gasteiger partial charge is 0.310 e. The van der Waals surface area contributed by atoms with Crippen LogP contribution in [0, 0.1) is 0 Å². The van der Waals surface area contributed by atoms with Crippen molar-refractivity contribution in [1.29, 1.82) is 0 Å². The summed E-state index contributed by atoms with van der Waals surface area (Å²) in [5.74, 6) is 0. The minimum atomic E-state index is -0.292. The molecule has 1 heteroatoms. The maximum atomic E-state index is 2.48. The highest BCUT2D eigenvalue weighted by molar-refractivity contribution is 6.06. The number of benzene rings is 7. The van der Waals surface area contributed by atoms with Gasteiger partial charge in [0.15, 0.2) is 0 Å². The lowest BCUT2D eigenvalue weighted by molar-refractivity contribution is 0.818. The third kappa shape index (κ3) is 2.94. The van der Waals surface area contributed by atoms with Gasteiger partial charge in [0, 0.05) is 17.1 Å². The zero-order valence-corrected chi connectivity index (χ0v) is 24.0. The van der Waals surface area contributed by atoms with Gasteiger partial charge in [-0.25, -0.2) is 0 Å². The molecule has 0 saturated heterocycles. The van der Waals surface area contributed by atoms with E-state index in [-0.39, 0.29) is 5.41 Å². The molecule has 0 N–H and O–H groups in total. The number of nitrogens with zero attached hydrogens (tertiary/aromatic N) is 1. The number of rotatable bonds is 4. The van der Waals surface area contributed by atoms with Crippen LogP contribution in [0.4, 0.5) is 17.1 Å². The van der Waals surface area contributed by atoms with Crippen molar-refractivity contribution in [2.24, 2.45) is 0 Å². The summed E-state index contributed by atoms with van der Waals surface area (Å²) in [5, 5.41) is 0. The molecule has 10 rings (SSSR count). The SMILES string of the molecule is c1ccc(-c2ccc(N(c3ccccc3)c3ccc4c(c3)C35c6ccccc6-c6cccc(c63)-c3cccc-4c35)cc2)cc1. The third-order valence-corrected chi connectivity index (χ3v) is 9.99. The van der Waals surface area contributed by atoms with E-state index in [1.54, 1.807) is 0 Å². The van der Waals surface area contributed by atoms with Crippen LogP contribution in [-0.2, 0) is 5.41 Å². The molecule has 0 aliphatic heterocycles. The Balaban J connectivity index is 1.22. The van der Waals surface area contributed by atoms with Crippen LogP contribution in [0.1, 0.15) is 22.3 Å². The lowest BCUT2D eigenvalue weighted by Crippen LogP contribution is -2.23. The van der Waals surface area contributed by atoms with Crippen molar-refractivity contribution in [2.75, 3.05) is 4.90 Å². The van der Waals surface area contributed by atoms with Crippen molar-refractivity contribution in [2.45, 2.75) is 5.41 Å². The van der Waals surface area contributed by atoms with Crippen LogP contribution >= 0.6 is 0 Å². The average Bonchev–Trinajstić information content (AvgIpc) is 3.69. The zero-order chi connectivity index (χ0) is 28.8. The Morgan fingerprint density at radius 3 is 1.48 bits per heavy atom. The first kappa shape index (κ1) is 23.9. The van der Waals surface area contributed by atoms with Crippen LogP contribution in [0.3, 0.4) is 0 Å². The molecular weight excluding hydrogens is 530 g/mol. The fourth-order valence-corrected chi connectivity index (χ4v) is 8.34. The molecule has 1 atom stereocenters. The molecule has 7 aromatic rings. The monoisotopic (exact) mass is 557 g/mol. The van der Waals surface area contributed by atoms with Crippen molar-refractivity contribution >= 4 is 17.1 Å². The highest BCUT2D eigenvalue weighted by atomic mass is 15.1. The van der Waals surface area contributed by atoms with Crippen molar-refractivity contribution in [3.8, 4) is 44.5 Å². The van der Waals surface area contributed by atoms with Gasteiger partial charge in [0.05, 0.1) is 5.41 Å². The molecular formula is C43H27N. The number of hydrogen-bond acceptors (Lipinski definition) is 1. The van der Waals surface area contributed by atoms with Crippen molar-refractivity contribution in [3.63, 3.8) is 0 Å². The van der Waals surface area contributed by atoms with E-state index in [0.717, 1.165) is 11.4 Å². The summed E-state index contributed by atoms with van der Waals surface area (Å²) in [6, 6.07) is 60.3. The van der Waals surface area contributed by atoms with E-state index in [4.69, 9.17) is 0 Å².